The van der Waals surface area contributed by atoms with E-state index in [1.54, 1.807) is 23.0 Å². The van der Waals surface area contributed by atoms with E-state index in [1.165, 1.54) is 7.11 Å². The minimum Gasteiger partial charge on any atom is -0.504 e. The Morgan fingerprint density at radius 2 is 2.04 bits per heavy atom. The monoisotopic (exact) mass is 413 g/mol. The number of ether oxygens (including phenoxy) is 1. The smallest absolute Gasteiger partial charge is 0.226 e. The highest BCUT2D eigenvalue weighted by Gasteiger charge is 2.30. The van der Waals surface area contributed by atoms with Crippen molar-refractivity contribution >= 4 is 27.7 Å². The van der Waals surface area contributed by atoms with Crippen molar-refractivity contribution < 1.29 is 14.6 Å². The molecule has 0 saturated heterocycles. The third-order valence-electron chi connectivity index (χ3n) is 4.50. The molecule has 2 heterocycles. The van der Waals surface area contributed by atoms with Crippen molar-refractivity contribution in [1.29, 1.82) is 0 Å². The van der Waals surface area contributed by atoms with E-state index in [4.69, 9.17) is 4.74 Å². The molecule has 0 unspecified atom stereocenters. The van der Waals surface area contributed by atoms with Gasteiger partial charge in [0.25, 0.3) is 0 Å². The first-order valence-electron chi connectivity index (χ1n) is 8.07. The first-order chi connectivity index (χ1) is 12.6. The molecule has 1 aliphatic rings. The minimum absolute atomic E-state index is 0.0716. The Morgan fingerprint density at radius 3 is 2.77 bits per heavy atom. The minimum atomic E-state index is -0.155. The van der Waals surface area contributed by atoms with Gasteiger partial charge >= 0.3 is 0 Å². The molecule has 7 heteroatoms. The van der Waals surface area contributed by atoms with Crippen molar-refractivity contribution in [3.8, 4) is 17.2 Å². The van der Waals surface area contributed by atoms with Crippen LogP contribution in [0.3, 0.4) is 0 Å². The van der Waals surface area contributed by atoms with Crippen LogP contribution in [0, 0.1) is 0 Å². The van der Waals surface area contributed by atoms with Crippen LogP contribution in [0.4, 0.5) is 5.82 Å². The van der Waals surface area contributed by atoms with Gasteiger partial charge in [-0.2, -0.15) is 5.10 Å². The lowest BCUT2D eigenvalue weighted by Gasteiger charge is -2.24. The lowest BCUT2D eigenvalue weighted by molar-refractivity contribution is -0.116. The largest absolute Gasteiger partial charge is 0.504 e. The number of nitrogens with one attached hydrogen (secondary N) is 1. The van der Waals surface area contributed by atoms with Crippen molar-refractivity contribution in [3.63, 3.8) is 0 Å². The van der Waals surface area contributed by atoms with Crippen molar-refractivity contribution in [2.45, 2.75) is 12.3 Å². The summed E-state index contributed by atoms with van der Waals surface area (Å²) < 4.78 is 7.90. The first kappa shape index (κ1) is 16.7. The predicted molar refractivity (Wildman–Crippen MR) is 101 cm³/mol. The van der Waals surface area contributed by atoms with Crippen LogP contribution in [0.5, 0.6) is 11.5 Å². The van der Waals surface area contributed by atoms with Gasteiger partial charge in [-0.05, 0) is 42.0 Å². The number of phenols is 1. The fourth-order valence-corrected chi connectivity index (χ4v) is 3.47. The Bertz CT molecular complexity index is 982. The fraction of sp³-hybridized carbons (Fsp3) is 0.158. The Hall–Kier alpha value is -2.80. The molecule has 6 nitrogen and oxygen atoms in total. The molecule has 4 rings (SSSR count). The number of fused-ring (bicyclic) bond motifs is 1. The molecule has 2 N–H and O–H groups in total. The van der Waals surface area contributed by atoms with E-state index >= 15 is 0 Å². The second-order valence-corrected chi connectivity index (χ2v) is 6.99. The molecule has 0 spiro atoms. The Kier molecular flexibility index (Phi) is 4.16. The second kappa shape index (κ2) is 6.49. The third kappa shape index (κ3) is 2.84. The van der Waals surface area contributed by atoms with E-state index in [9.17, 15) is 9.90 Å². The summed E-state index contributed by atoms with van der Waals surface area (Å²) in [5.74, 6) is 0.893. The lowest BCUT2D eigenvalue weighted by Crippen LogP contribution is -2.24. The summed E-state index contributed by atoms with van der Waals surface area (Å²) in [4.78, 5) is 12.3. The van der Waals surface area contributed by atoms with Crippen LogP contribution in [0.15, 0.2) is 53.1 Å². The molecular formula is C19H16BrN3O3. The number of aromatic hydroxyl groups is 1. The van der Waals surface area contributed by atoms with E-state index in [2.05, 4.69) is 26.3 Å². The number of aromatic nitrogens is 2. The highest BCUT2D eigenvalue weighted by atomic mass is 79.9. The molecule has 0 radical (unpaired) electrons. The molecule has 1 amide bonds. The number of hydrogen-bond acceptors (Lipinski definition) is 4. The maximum atomic E-state index is 12.3. The number of carbonyl (C=O) groups is 1. The zero-order valence-electron chi connectivity index (χ0n) is 13.9. The zero-order valence-corrected chi connectivity index (χ0v) is 15.5. The van der Waals surface area contributed by atoms with Gasteiger partial charge in [0.15, 0.2) is 11.5 Å². The summed E-state index contributed by atoms with van der Waals surface area (Å²) in [5.41, 5.74) is 2.69. The summed E-state index contributed by atoms with van der Waals surface area (Å²) in [5, 5.41) is 17.2. The van der Waals surface area contributed by atoms with Gasteiger partial charge in [-0.3, -0.25) is 4.79 Å². The molecule has 0 bridgehead atoms. The number of nitrogens with zero attached hydrogens (tertiary/aromatic N) is 2. The Labute approximate surface area is 158 Å². The standard InChI is InChI=1S/C19H16BrN3O3/c1-26-17-8-11(2-7-16(17)24)14-9-18(25)22-19-15(14)10-21-23(19)13-5-3-12(20)4-6-13/h2-8,10,14,24H,9H2,1H3,(H,22,25)/t14-/m1/s1. The summed E-state index contributed by atoms with van der Waals surface area (Å²) in [6.45, 7) is 0. The molecule has 132 valence electrons. The van der Waals surface area contributed by atoms with E-state index < -0.39 is 0 Å². The molecular weight excluding hydrogens is 398 g/mol. The van der Waals surface area contributed by atoms with Gasteiger partial charge in [-0.15, -0.1) is 0 Å². The number of benzene rings is 2. The first-order valence-corrected chi connectivity index (χ1v) is 8.86. The number of rotatable bonds is 3. The SMILES string of the molecule is COc1cc([C@H]2CC(=O)Nc3c2cnn3-c2ccc(Br)cc2)ccc1O. The van der Waals surface area contributed by atoms with E-state index in [0.29, 0.717) is 18.0 Å². The van der Waals surface area contributed by atoms with Gasteiger partial charge in [-0.1, -0.05) is 22.0 Å². The van der Waals surface area contributed by atoms with Crippen molar-refractivity contribution in [3.05, 3.63) is 64.3 Å². The van der Waals surface area contributed by atoms with Gasteiger partial charge in [0.2, 0.25) is 5.91 Å². The highest BCUT2D eigenvalue weighted by Crippen LogP contribution is 2.40. The third-order valence-corrected chi connectivity index (χ3v) is 5.03. The number of hydrogen-bond donors (Lipinski definition) is 2. The van der Waals surface area contributed by atoms with Crippen LogP contribution in [0.2, 0.25) is 0 Å². The molecule has 0 saturated carbocycles. The Balaban J connectivity index is 1.80. The summed E-state index contributed by atoms with van der Waals surface area (Å²) in [7, 11) is 1.50. The molecule has 1 aliphatic heterocycles. The van der Waals surface area contributed by atoms with Gasteiger partial charge in [-0.25, -0.2) is 4.68 Å². The summed E-state index contributed by atoms with van der Waals surface area (Å²) in [6, 6.07) is 12.9. The average molecular weight is 414 g/mol. The predicted octanol–water partition coefficient (Wildman–Crippen LogP) is 3.82. The molecule has 26 heavy (non-hydrogen) atoms. The summed E-state index contributed by atoms with van der Waals surface area (Å²) in [6.07, 6.45) is 2.09. The zero-order chi connectivity index (χ0) is 18.3. The van der Waals surface area contributed by atoms with Crippen LogP contribution in [-0.4, -0.2) is 27.9 Å². The molecule has 1 aromatic heterocycles. The average Bonchev–Trinajstić information content (AvgIpc) is 3.06. The van der Waals surface area contributed by atoms with Crippen molar-refractivity contribution in [1.82, 2.24) is 9.78 Å². The lowest BCUT2D eigenvalue weighted by atomic mass is 9.87. The van der Waals surface area contributed by atoms with E-state index in [-0.39, 0.29) is 17.6 Å². The highest BCUT2D eigenvalue weighted by molar-refractivity contribution is 9.10. The molecule has 3 aromatic rings. The number of methoxy groups -OCH3 is 1. The second-order valence-electron chi connectivity index (χ2n) is 6.07. The van der Waals surface area contributed by atoms with Crippen molar-refractivity contribution in [2.75, 3.05) is 12.4 Å². The normalized spacial score (nSPS) is 16.1. The van der Waals surface area contributed by atoms with Crippen LogP contribution >= 0.6 is 15.9 Å². The Morgan fingerprint density at radius 1 is 1.27 bits per heavy atom. The van der Waals surface area contributed by atoms with E-state index in [1.807, 2.05) is 30.3 Å². The van der Waals surface area contributed by atoms with Crippen LogP contribution in [0.25, 0.3) is 5.69 Å². The number of halogens is 1. The van der Waals surface area contributed by atoms with Crippen LogP contribution in [0.1, 0.15) is 23.5 Å². The maximum Gasteiger partial charge on any atom is 0.226 e. The van der Waals surface area contributed by atoms with Crippen LogP contribution < -0.4 is 10.1 Å². The van der Waals surface area contributed by atoms with Gasteiger partial charge in [0.05, 0.1) is 19.0 Å². The number of anilines is 1. The van der Waals surface area contributed by atoms with Gasteiger partial charge in [0, 0.05) is 22.4 Å². The van der Waals surface area contributed by atoms with E-state index in [0.717, 1.165) is 21.3 Å². The number of amides is 1. The summed E-state index contributed by atoms with van der Waals surface area (Å²) >= 11 is 3.42. The van der Waals surface area contributed by atoms with Crippen LogP contribution in [-0.2, 0) is 4.79 Å². The molecule has 0 aliphatic carbocycles. The fourth-order valence-electron chi connectivity index (χ4n) is 3.21. The molecule has 1 atom stereocenters. The van der Waals surface area contributed by atoms with Crippen molar-refractivity contribution in [2.24, 2.45) is 0 Å². The number of phenolic OH excluding ortho intramolecular Hbond substituents is 1. The van der Waals surface area contributed by atoms with Gasteiger partial charge < -0.3 is 15.2 Å². The molecule has 0 fully saturated rings. The van der Waals surface area contributed by atoms with Gasteiger partial charge in [0.1, 0.15) is 5.82 Å². The quantitative estimate of drug-likeness (QED) is 0.683. The topological polar surface area (TPSA) is 76.4 Å². The maximum absolute atomic E-state index is 12.3. The molecule has 2 aromatic carbocycles. The number of carbonyl (C=O) groups excluding carboxylic acids is 1.